The zero-order valence-electron chi connectivity index (χ0n) is 24.3. The number of aliphatic hydroxyl groups is 1. The standard InChI is InChI=1S/C31H31F3N4O5S2/c1-20-19-44-28(36-20)18-38(2)30(41)23-11-6-10-22(15-23)29(40)37-26(14-21-8-4-3-5-9-21)27(39)17-35-45(42,43)25-13-7-12-24(16-25)31(32,33)34/h3-13,15-16,19,26-27,35,39H,14,17-18H2,1-2H3,(H,37,40)/t26-,27+/m0/s1. The molecule has 0 fully saturated rings. The van der Waals surface area contributed by atoms with Crippen LogP contribution in [-0.4, -0.2) is 61.0 Å². The number of nitrogens with zero attached hydrogens (tertiary/aromatic N) is 2. The summed E-state index contributed by atoms with van der Waals surface area (Å²) in [5.74, 6) is -0.953. The highest BCUT2D eigenvalue weighted by Crippen LogP contribution is 2.30. The van der Waals surface area contributed by atoms with Crippen LogP contribution >= 0.6 is 11.3 Å². The highest BCUT2D eigenvalue weighted by molar-refractivity contribution is 7.89. The van der Waals surface area contributed by atoms with E-state index in [1.807, 2.05) is 12.3 Å². The average molecular weight is 661 g/mol. The molecule has 238 valence electrons. The molecule has 9 nitrogen and oxygen atoms in total. The highest BCUT2D eigenvalue weighted by Gasteiger charge is 2.32. The predicted octanol–water partition coefficient (Wildman–Crippen LogP) is 4.42. The van der Waals surface area contributed by atoms with Gasteiger partial charge in [-0.05, 0) is 55.3 Å². The van der Waals surface area contributed by atoms with Crippen LogP contribution in [0.5, 0.6) is 0 Å². The number of aliphatic hydroxyl groups excluding tert-OH is 1. The third-order valence-corrected chi connectivity index (χ3v) is 9.16. The Morgan fingerprint density at radius 2 is 1.69 bits per heavy atom. The van der Waals surface area contributed by atoms with E-state index in [0.717, 1.165) is 34.5 Å². The van der Waals surface area contributed by atoms with Gasteiger partial charge in [-0.2, -0.15) is 13.2 Å². The first-order valence-electron chi connectivity index (χ1n) is 13.7. The lowest BCUT2D eigenvalue weighted by Gasteiger charge is -2.25. The third kappa shape index (κ3) is 9.20. The zero-order valence-corrected chi connectivity index (χ0v) is 25.9. The number of rotatable bonds is 12. The first-order valence-corrected chi connectivity index (χ1v) is 16.1. The van der Waals surface area contributed by atoms with Crippen molar-refractivity contribution in [2.45, 2.75) is 43.1 Å². The normalized spacial score (nSPS) is 13.2. The van der Waals surface area contributed by atoms with Crippen molar-refractivity contribution in [3.63, 3.8) is 0 Å². The van der Waals surface area contributed by atoms with Crippen LogP contribution in [0.1, 0.15) is 42.5 Å². The number of sulfonamides is 1. The number of hydrogen-bond donors (Lipinski definition) is 3. The van der Waals surface area contributed by atoms with Crippen LogP contribution in [-0.2, 0) is 29.2 Å². The molecule has 0 aliphatic rings. The number of hydrogen-bond acceptors (Lipinski definition) is 7. The minimum atomic E-state index is -4.74. The monoisotopic (exact) mass is 660 g/mol. The molecule has 14 heteroatoms. The van der Waals surface area contributed by atoms with Crippen LogP contribution in [0.25, 0.3) is 0 Å². The molecule has 0 saturated heterocycles. The second-order valence-corrected chi connectivity index (χ2v) is 13.0. The van der Waals surface area contributed by atoms with E-state index < -0.39 is 51.3 Å². The SMILES string of the molecule is Cc1csc(CN(C)C(=O)c2cccc(C(=O)N[C@@H](Cc3ccccc3)[C@H](O)CNS(=O)(=O)c3cccc(C(F)(F)F)c3)c2)n1. The minimum absolute atomic E-state index is 0.105. The Hall–Kier alpha value is -4.11. The summed E-state index contributed by atoms with van der Waals surface area (Å²) in [6, 6.07) is 17.1. The van der Waals surface area contributed by atoms with Crippen LogP contribution in [0, 0.1) is 6.92 Å². The fourth-order valence-corrected chi connectivity index (χ4v) is 6.35. The Kier molecular flexibility index (Phi) is 10.8. The fourth-order valence-electron chi connectivity index (χ4n) is 4.43. The maximum atomic E-state index is 13.3. The molecule has 0 aliphatic heterocycles. The van der Waals surface area contributed by atoms with Gasteiger partial charge in [-0.25, -0.2) is 18.1 Å². The lowest BCUT2D eigenvalue weighted by molar-refractivity contribution is -0.137. The van der Waals surface area contributed by atoms with Crippen molar-refractivity contribution in [2.75, 3.05) is 13.6 Å². The molecule has 1 aromatic heterocycles. The van der Waals surface area contributed by atoms with Crippen molar-refractivity contribution < 1.29 is 36.3 Å². The number of aromatic nitrogens is 1. The highest BCUT2D eigenvalue weighted by atomic mass is 32.2. The van der Waals surface area contributed by atoms with E-state index in [1.54, 1.807) is 49.5 Å². The largest absolute Gasteiger partial charge is 0.416 e. The number of alkyl halides is 3. The molecular weight excluding hydrogens is 629 g/mol. The van der Waals surface area contributed by atoms with Crippen molar-refractivity contribution in [3.8, 4) is 0 Å². The molecule has 2 amide bonds. The van der Waals surface area contributed by atoms with Crippen molar-refractivity contribution in [2.24, 2.45) is 0 Å². The Bertz CT molecular complexity index is 1750. The average Bonchev–Trinajstić information content (AvgIpc) is 3.43. The maximum Gasteiger partial charge on any atom is 0.416 e. The van der Waals surface area contributed by atoms with Crippen LogP contribution in [0.2, 0.25) is 0 Å². The van der Waals surface area contributed by atoms with E-state index >= 15 is 0 Å². The number of benzene rings is 3. The molecule has 3 aromatic carbocycles. The van der Waals surface area contributed by atoms with E-state index in [9.17, 15) is 36.3 Å². The molecule has 0 bridgehead atoms. The molecule has 1 heterocycles. The van der Waals surface area contributed by atoms with Crippen LogP contribution in [0.3, 0.4) is 0 Å². The molecule has 3 N–H and O–H groups in total. The van der Waals surface area contributed by atoms with E-state index in [1.165, 1.54) is 28.4 Å². The number of aryl methyl sites for hydroxylation is 1. The molecule has 0 saturated carbocycles. The van der Waals surface area contributed by atoms with Crippen molar-refractivity contribution in [1.29, 1.82) is 0 Å². The number of carbonyl (C=O) groups is 2. The smallest absolute Gasteiger partial charge is 0.390 e. The Balaban J connectivity index is 1.49. The Morgan fingerprint density at radius 1 is 1.00 bits per heavy atom. The van der Waals surface area contributed by atoms with E-state index in [2.05, 4.69) is 15.0 Å². The summed E-state index contributed by atoms with van der Waals surface area (Å²) in [5.41, 5.74) is 0.836. The van der Waals surface area contributed by atoms with Crippen LogP contribution in [0.15, 0.2) is 89.1 Å². The summed E-state index contributed by atoms with van der Waals surface area (Å²) in [6.45, 7) is 1.54. The van der Waals surface area contributed by atoms with Gasteiger partial charge in [-0.3, -0.25) is 9.59 Å². The molecule has 0 aliphatic carbocycles. The Labute approximate surface area is 262 Å². The topological polar surface area (TPSA) is 129 Å². The summed E-state index contributed by atoms with van der Waals surface area (Å²) in [5, 5.41) is 16.4. The predicted molar refractivity (Wildman–Crippen MR) is 163 cm³/mol. The summed E-state index contributed by atoms with van der Waals surface area (Å²) >= 11 is 1.43. The van der Waals surface area contributed by atoms with Gasteiger partial charge in [-0.1, -0.05) is 42.5 Å². The third-order valence-electron chi connectivity index (χ3n) is 6.79. The van der Waals surface area contributed by atoms with Gasteiger partial charge in [0.1, 0.15) is 5.01 Å². The molecule has 4 rings (SSSR count). The Morgan fingerprint density at radius 3 is 2.36 bits per heavy atom. The minimum Gasteiger partial charge on any atom is -0.390 e. The molecule has 0 radical (unpaired) electrons. The van der Waals surface area contributed by atoms with Gasteiger partial charge in [0.2, 0.25) is 10.0 Å². The van der Waals surface area contributed by atoms with Gasteiger partial charge in [-0.15, -0.1) is 11.3 Å². The van der Waals surface area contributed by atoms with Gasteiger partial charge in [0.15, 0.2) is 0 Å². The number of carbonyl (C=O) groups excluding carboxylic acids is 2. The second-order valence-electron chi connectivity index (χ2n) is 10.3. The number of halogens is 3. The van der Waals surface area contributed by atoms with E-state index in [4.69, 9.17) is 0 Å². The lowest BCUT2D eigenvalue weighted by Crippen LogP contribution is -2.49. The maximum absolute atomic E-state index is 13.3. The van der Waals surface area contributed by atoms with Gasteiger partial charge in [0, 0.05) is 35.8 Å². The van der Waals surface area contributed by atoms with E-state index in [-0.39, 0.29) is 30.0 Å². The zero-order chi connectivity index (χ0) is 32.8. The summed E-state index contributed by atoms with van der Waals surface area (Å²) < 4.78 is 67.1. The van der Waals surface area contributed by atoms with Gasteiger partial charge >= 0.3 is 6.18 Å². The van der Waals surface area contributed by atoms with Gasteiger partial charge < -0.3 is 15.3 Å². The van der Waals surface area contributed by atoms with Gasteiger partial charge in [0.25, 0.3) is 11.8 Å². The van der Waals surface area contributed by atoms with Crippen molar-refractivity contribution >= 4 is 33.2 Å². The van der Waals surface area contributed by atoms with Crippen molar-refractivity contribution in [1.82, 2.24) is 19.9 Å². The van der Waals surface area contributed by atoms with Crippen molar-refractivity contribution in [3.05, 3.63) is 117 Å². The molecule has 45 heavy (non-hydrogen) atoms. The molecule has 2 atom stereocenters. The number of thiazole rings is 1. The van der Waals surface area contributed by atoms with E-state index in [0.29, 0.717) is 6.07 Å². The number of nitrogens with one attached hydrogen (secondary N) is 2. The molecule has 0 unspecified atom stereocenters. The lowest BCUT2D eigenvalue weighted by atomic mass is 10.0. The molecule has 4 aromatic rings. The second kappa shape index (κ2) is 14.3. The van der Waals surface area contributed by atoms with Crippen LogP contribution in [0.4, 0.5) is 13.2 Å². The van der Waals surface area contributed by atoms with Crippen LogP contribution < -0.4 is 10.0 Å². The summed E-state index contributed by atoms with van der Waals surface area (Å²) in [4.78, 5) is 31.6. The summed E-state index contributed by atoms with van der Waals surface area (Å²) in [7, 11) is -2.81. The first kappa shape index (κ1) is 33.8. The summed E-state index contributed by atoms with van der Waals surface area (Å²) in [6.07, 6.45) is -6.12. The van der Waals surface area contributed by atoms with Gasteiger partial charge in [0.05, 0.1) is 29.1 Å². The molecular formula is C31H31F3N4O5S2. The first-order chi connectivity index (χ1) is 21.2. The number of amides is 2. The molecule has 0 spiro atoms. The fraction of sp³-hybridized carbons (Fsp3) is 0.258. The quantitative estimate of drug-likeness (QED) is 0.207.